The molecule has 30 valence electrons. The highest BCUT2D eigenvalue weighted by Gasteiger charge is 1.85. The van der Waals surface area contributed by atoms with Crippen LogP contribution in [0.1, 0.15) is 1.37 Å². The van der Waals surface area contributed by atoms with Crippen molar-refractivity contribution in [3.63, 3.8) is 0 Å². The van der Waals surface area contributed by atoms with Gasteiger partial charge in [-0.1, -0.05) is 0 Å². The van der Waals surface area contributed by atoms with Crippen molar-refractivity contribution in [2.45, 2.75) is 0 Å². The van der Waals surface area contributed by atoms with Crippen LogP contribution in [0.5, 0.6) is 0 Å². The predicted octanol–water partition coefficient (Wildman–Crippen LogP) is 0.0405. The van der Waals surface area contributed by atoms with E-state index in [2.05, 4.69) is 0 Å². The molecular formula is C2H3FO2. The molecule has 1 atom stereocenters. The Balaban J connectivity index is 3.26. The van der Waals surface area contributed by atoms with Gasteiger partial charge in [-0.2, -0.15) is 0 Å². The summed E-state index contributed by atoms with van der Waals surface area (Å²) in [4.78, 5) is 9.14. The fraction of sp³-hybridized carbons (Fsp3) is 0.500. The monoisotopic (exact) mass is 79.0 g/mol. The first-order chi connectivity index (χ1) is 2.64. The molecule has 0 bridgehead atoms. The molecule has 0 aromatic rings. The van der Waals surface area contributed by atoms with Crippen LogP contribution in [0.2, 0.25) is 0 Å². The van der Waals surface area contributed by atoms with Crippen molar-refractivity contribution in [3.05, 3.63) is 0 Å². The number of hydrogen-bond donors (Lipinski definition) is 1. The quantitative estimate of drug-likeness (QED) is 0.481. The van der Waals surface area contributed by atoms with Gasteiger partial charge in [-0.15, -0.1) is 0 Å². The largest absolute Gasteiger partial charge is 0.479 e. The minimum atomic E-state index is -2.48. The maximum absolute atomic E-state index is 10.9. The Kier molecular flexibility index (Phi) is 0.890. The molecule has 2 nitrogen and oxygen atoms in total. The molecule has 0 unspecified atom stereocenters. The molecule has 0 fully saturated rings. The Bertz CT molecular complexity index is 62.6. The topological polar surface area (TPSA) is 37.3 Å². The van der Waals surface area contributed by atoms with Gasteiger partial charge in [-0.25, -0.2) is 9.18 Å². The van der Waals surface area contributed by atoms with Gasteiger partial charge in [0.05, 0.1) is 1.37 Å². The fourth-order valence-electron chi connectivity index (χ4n) is 0. The fourth-order valence-corrected chi connectivity index (χ4v) is 0. The van der Waals surface area contributed by atoms with Crippen LogP contribution in [0.3, 0.4) is 0 Å². The van der Waals surface area contributed by atoms with Crippen molar-refractivity contribution in [3.8, 4) is 0 Å². The number of carboxylic acid groups (broad SMARTS) is 1. The molecule has 0 aliphatic carbocycles. The lowest BCUT2D eigenvalue weighted by Crippen LogP contribution is -1.93. The van der Waals surface area contributed by atoms with Gasteiger partial charge >= 0.3 is 5.97 Å². The molecule has 5 heavy (non-hydrogen) atoms. The molecule has 1 N–H and O–H groups in total. The summed E-state index contributed by atoms with van der Waals surface area (Å²) in [6.07, 6.45) is 0. The van der Waals surface area contributed by atoms with E-state index >= 15 is 0 Å². The normalized spacial score (nSPS) is 16.6. The lowest BCUT2D eigenvalue weighted by molar-refractivity contribution is -0.137. The first-order valence-electron chi connectivity index (χ1n) is 1.51. The summed E-state index contributed by atoms with van der Waals surface area (Å²) in [5, 5.41) is 7.43. The van der Waals surface area contributed by atoms with Crippen LogP contribution >= 0.6 is 0 Å². The predicted molar refractivity (Wildman–Crippen MR) is 13.6 cm³/mol. The van der Waals surface area contributed by atoms with Gasteiger partial charge < -0.3 is 5.11 Å². The molecule has 0 amide bonds. The zero-order chi connectivity index (χ0) is 5.15. The molecule has 0 saturated heterocycles. The second kappa shape index (κ2) is 1.69. The molecule has 0 radical (unpaired) electrons. The summed E-state index contributed by atoms with van der Waals surface area (Å²) >= 11 is 0. The minimum Gasteiger partial charge on any atom is -0.479 e. The van der Waals surface area contributed by atoms with Crippen molar-refractivity contribution in [2.75, 3.05) is 6.65 Å². The third-order valence-electron chi connectivity index (χ3n) is 0.0933. The van der Waals surface area contributed by atoms with Crippen LogP contribution in [-0.2, 0) is 4.79 Å². The average Bonchev–Trinajstić information content (AvgIpc) is 1.36. The van der Waals surface area contributed by atoms with Crippen LogP contribution in [0.4, 0.5) is 4.39 Å². The third kappa shape index (κ3) is 3.40. The zero-order valence-electron chi connectivity index (χ0n) is 3.31. The summed E-state index contributed by atoms with van der Waals surface area (Å²) in [5.74, 6) is -1.74. The van der Waals surface area contributed by atoms with Crippen LogP contribution < -0.4 is 0 Å². The summed E-state index contributed by atoms with van der Waals surface area (Å²) in [7, 11) is 0. The average molecular weight is 79.0 g/mol. The highest BCUT2D eigenvalue weighted by atomic mass is 19.1. The number of rotatable bonds is 1. The van der Waals surface area contributed by atoms with Crippen molar-refractivity contribution in [2.24, 2.45) is 0 Å². The maximum Gasteiger partial charge on any atom is 0.335 e. The Morgan fingerprint density at radius 2 is 2.60 bits per heavy atom. The van der Waals surface area contributed by atoms with Crippen molar-refractivity contribution < 1.29 is 15.7 Å². The smallest absolute Gasteiger partial charge is 0.335 e. The van der Waals surface area contributed by atoms with Crippen molar-refractivity contribution in [1.82, 2.24) is 0 Å². The highest BCUT2D eigenvalue weighted by Crippen LogP contribution is 1.60. The molecule has 0 aliphatic heterocycles. The summed E-state index contributed by atoms with van der Waals surface area (Å²) in [6.45, 7) is -2.48. The van der Waals surface area contributed by atoms with E-state index in [0.29, 0.717) is 0 Å². The molecule has 0 aromatic heterocycles. The lowest BCUT2D eigenvalue weighted by atomic mass is 10.8. The summed E-state index contributed by atoms with van der Waals surface area (Å²) in [5.41, 5.74) is 0. The lowest BCUT2D eigenvalue weighted by Gasteiger charge is -1.69. The van der Waals surface area contributed by atoms with E-state index in [-0.39, 0.29) is 0 Å². The highest BCUT2D eigenvalue weighted by molar-refractivity contribution is 5.67. The molecule has 0 spiro atoms. The third-order valence-corrected chi connectivity index (χ3v) is 0.0933. The number of carboxylic acids is 1. The molecule has 0 aliphatic rings. The van der Waals surface area contributed by atoms with Gasteiger partial charge in [0.25, 0.3) is 0 Å². The van der Waals surface area contributed by atoms with E-state index in [1.165, 1.54) is 0 Å². The maximum atomic E-state index is 10.9. The first-order valence-corrected chi connectivity index (χ1v) is 0.935. The van der Waals surface area contributed by atoms with Crippen LogP contribution in [0.15, 0.2) is 0 Å². The van der Waals surface area contributed by atoms with Crippen LogP contribution in [-0.4, -0.2) is 17.7 Å². The van der Waals surface area contributed by atoms with Gasteiger partial charge in [0.1, 0.15) is 0 Å². The Morgan fingerprint density at radius 3 is 2.60 bits per heavy atom. The molecule has 0 rings (SSSR count). The van der Waals surface area contributed by atoms with Crippen LogP contribution in [0, 0.1) is 0 Å². The van der Waals surface area contributed by atoms with E-state index < -0.39 is 12.6 Å². The molecular weight excluding hydrogens is 75.0 g/mol. The molecule has 0 aromatic carbocycles. The Morgan fingerprint density at radius 1 is 2.40 bits per heavy atom. The number of aliphatic carboxylic acids is 1. The first kappa shape index (κ1) is 2.63. The summed E-state index contributed by atoms with van der Waals surface area (Å²) in [6, 6.07) is 0. The SMILES string of the molecule is [2H][C@@H](F)C(=O)O. The number of hydrogen-bond acceptors (Lipinski definition) is 1. The number of carbonyl (C=O) groups is 1. The number of halogens is 1. The van der Waals surface area contributed by atoms with E-state index in [4.69, 9.17) is 11.3 Å². The molecule has 0 saturated carbocycles. The zero-order valence-corrected chi connectivity index (χ0v) is 2.31. The van der Waals surface area contributed by atoms with Gasteiger partial charge in [0.2, 0.25) is 0 Å². The van der Waals surface area contributed by atoms with Gasteiger partial charge in [-0.3, -0.25) is 0 Å². The van der Waals surface area contributed by atoms with E-state index in [9.17, 15) is 4.39 Å². The van der Waals surface area contributed by atoms with Crippen molar-refractivity contribution >= 4 is 5.97 Å². The Hall–Kier alpha value is -0.600. The van der Waals surface area contributed by atoms with Crippen LogP contribution in [0.25, 0.3) is 0 Å². The summed E-state index contributed by atoms with van der Waals surface area (Å²) < 4.78 is 16.7. The van der Waals surface area contributed by atoms with Gasteiger partial charge in [0, 0.05) is 0 Å². The van der Waals surface area contributed by atoms with Gasteiger partial charge in [-0.05, 0) is 0 Å². The number of alkyl halides is 1. The Labute approximate surface area is 29.6 Å². The van der Waals surface area contributed by atoms with E-state index in [1.54, 1.807) is 0 Å². The van der Waals surface area contributed by atoms with Crippen molar-refractivity contribution in [1.29, 1.82) is 0 Å². The van der Waals surface area contributed by atoms with Gasteiger partial charge in [0.15, 0.2) is 6.65 Å². The second-order valence-electron chi connectivity index (χ2n) is 0.447. The van der Waals surface area contributed by atoms with E-state index in [0.717, 1.165) is 0 Å². The van der Waals surface area contributed by atoms with E-state index in [1.807, 2.05) is 0 Å². The molecule has 3 heteroatoms. The standard InChI is InChI=1S/C2H3FO2/c3-1-2(4)5/h1H2,(H,4,5)/i1D/t1-/m1/s1. The molecule has 0 heterocycles. The minimum absolute atomic E-state index is 1.74. The second-order valence-corrected chi connectivity index (χ2v) is 0.447.